The second-order valence-corrected chi connectivity index (χ2v) is 5.41. The molecular weight excluding hydrogens is 270 g/mol. The Morgan fingerprint density at radius 2 is 1.55 bits per heavy atom. The topological polar surface area (TPSA) is 35.2 Å². The molecule has 0 aromatic heterocycles. The average molecular weight is 289 g/mol. The van der Waals surface area contributed by atoms with Gasteiger partial charge in [-0.15, -0.1) is 0 Å². The van der Waals surface area contributed by atoms with Gasteiger partial charge in [0.25, 0.3) is 0 Å². The second kappa shape index (κ2) is 6.35. The number of anilines is 1. The van der Waals surface area contributed by atoms with Crippen molar-refractivity contribution in [1.29, 1.82) is 0 Å². The monoisotopic (exact) mass is 289 g/mol. The minimum atomic E-state index is 0.662. The number of aryl methyl sites for hydroxylation is 1. The van der Waals surface area contributed by atoms with Crippen LogP contribution in [-0.4, -0.2) is 0 Å². The standard InChI is InChI=1S/C20H19NO/c1-15-11-12-20(18(21)13-15)22-19-10-6-5-9-17(19)14-16-7-3-2-4-8-16/h2-13H,14,21H2,1H3. The maximum atomic E-state index is 6.05. The van der Waals surface area contributed by atoms with Crippen LogP contribution in [0.25, 0.3) is 0 Å². The highest BCUT2D eigenvalue weighted by atomic mass is 16.5. The number of hydrogen-bond donors (Lipinski definition) is 1. The van der Waals surface area contributed by atoms with Crippen LogP contribution >= 0.6 is 0 Å². The molecular formula is C20H19NO. The molecule has 0 aliphatic rings. The third kappa shape index (κ3) is 3.29. The Morgan fingerprint density at radius 1 is 0.818 bits per heavy atom. The van der Waals surface area contributed by atoms with Crippen molar-refractivity contribution >= 4 is 5.69 Å². The Labute approximate surface area is 131 Å². The zero-order valence-electron chi connectivity index (χ0n) is 12.6. The Kier molecular flexibility index (Phi) is 4.10. The molecule has 3 aromatic carbocycles. The van der Waals surface area contributed by atoms with Gasteiger partial charge in [-0.2, -0.15) is 0 Å². The maximum absolute atomic E-state index is 6.05. The van der Waals surface area contributed by atoms with E-state index < -0.39 is 0 Å². The molecule has 0 aliphatic carbocycles. The predicted molar refractivity (Wildman–Crippen MR) is 91.4 cm³/mol. The van der Waals surface area contributed by atoms with Crippen molar-refractivity contribution in [3.63, 3.8) is 0 Å². The minimum Gasteiger partial charge on any atom is -0.455 e. The van der Waals surface area contributed by atoms with Gasteiger partial charge in [0, 0.05) is 6.42 Å². The number of ether oxygens (including phenoxy) is 1. The van der Waals surface area contributed by atoms with Gasteiger partial charge in [0.1, 0.15) is 11.5 Å². The molecule has 0 atom stereocenters. The quantitative estimate of drug-likeness (QED) is 0.689. The van der Waals surface area contributed by atoms with Crippen molar-refractivity contribution in [2.45, 2.75) is 13.3 Å². The number of para-hydroxylation sites is 1. The SMILES string of the molecule is Cc1ccc(Oc2ccccc2Cc2ccccc2)c(N)c1. The van der Waals surface area contributed by atoms with Crippen molar-refractivity contribution in [2.24, 2.45) is 0 Å². The van der Waals surface area contributed by atoms with Crippen LogP contribution in [0.3, 0.4) is 0 Å². The normalized spacial score (nSPS) is 10.4. The van der Waals surface area contributed by atoms with Crippen LogP contribution < -0.4 is 10.5 Å². The highest BCUT2D eigenvalue weighted by Crippen LogP contribution is 2.31. The summed E-state index contributed by atoms with van der Waals surface area (Å²) < 4.78 is 6.04. The highest BCUT2D eigenvalue weighted by Gasteiger charge is 2.07. The Hall–Kier alpha value is -2.74. The smallest absolute Gasteiger partial charge is 0.150 e. The first kappa shape index (κ1) is 14.2. The molecule has 0 saturated carbocycles. The van der Waals surface area contributed by atoms with Gasteiger partial charge < -0.3 is 10.5 Å². The van der Waals surface area contributed by atoms with Crippen molar-refractivity contribution in [3.05, 3.63) is 89.5 Å². The lowest BCUT2D eigenvalue weighted by Gasteiger charge is -2.13. The van der Waals surface area contributed by atoms with Crippen LogP contribution in [-0.2, 0) is 6.42 Å². The van der Waals surface area contributed by atoms with Crippen LogP contribution in [0.4, 0.5) is 5.69 Å². The van der Waals surface area contributed by atoms with Crippen molar-refractivity contribution in [2.75, 3.05) is 5.73 Å². The first-order chi connectivity index (χ1) is 10.7. The molecule has 0 radical (unpaired) electrons. The third-order valence-electron chi connectivity index (χ3n) is 3.60. The van der Waals surface area contributed by atoms with E-state index in [9.17, 15) is 0 Å². The van der Waals surface area contributed by atoms with Crippen molar-refractivity contribution in [3.8, 4) is 11.5 Å². The van der Waals surface area contributed by atoms with E-state index in [1.165, 1.54) is 5.56 Å². The van der Waals surface area contributed by atoms with E-state index in [4.69, 9.17) is 10.5 Å². The van der Waals surface area contributed by atoms with Gasteiger partial charge in [-0.1, -0.05) is 54.6 Å². The van der Waals surface area contributed by atoms with Crippen LogP contribution in [0.15, 0.2) is 72.8 Å². The van der Waals surface area contributed by atoms with Crippen LogP contribution in [0.2, 0.25) is 0 Å². The molecule has 0 unspecified atom stereocenters. The molecule has 0 spiro atoms. The molecule has 0 amide bonds. The molecule has 0 saturated heterocycles. The minimum absolute atomic E-state index is 0.662. The van der Waals surface area contributed by atoms with Gasteiger partial charge in [0.2, 0.25) is 0 Å². The molecule has 22 heavy (non-hydrogen) atoms. The molecule has 2 nitrogen and oxygen atoms in total. The van der Waals surface area contributed by atoms with Crippen LogP contribution in [0.5, 0.6) is 11.5 Å². The largest absolute Gasteiger partial charge is 0.455 e. The summed E-state index contributed by atoms with van der Waals surface area (Å²) >= 11 is 0. The summed E-state index contributed by atoms with van der Waals surface area (Å²) in [6.45, 7) is 2.02. The fourth-order valence-electron chi connectivity index (χ4n) is 2.44. The number of hydrogen-bond acceptors (Lipinski definition) is 2. The van der Waals surface area contributed by atoms with Gasteiger partial charge in [0.15, 0.2) is 0 Å². The Morgan fingerprint density at radius 3 is 2.32 bits per heavy atom. The third-order valence-corrected chi connectivity index (χ3v) is 3.60. The zero-order chi connectivity index (χ0) is 15.4. The summed E-state index contributed by atoms with van der Waals surface area (Å²) in [6.07, 6.45) is 0.836. The first-order valence-electron chi connectivity index (χ1n) is 7.38. The van der Waals surface area contributed by atoms with E-state index in [0.29, 0.717) is 11.4 Å². The number of nitrogens with two attached hydrogens (primary N) is 1. The molecule has 2 heteroatoms. The predicted octanol–water partition coefficient (Wildman–Crippen LogP) is 4.96. The van der Waals surface area contributed by atoms with Gasteiger partial charge in [0.05, 0.1) is 5.69 Å². The van der Waals surface area contributed by atoms with Crippen LogP contribution in [0, 0.1) is 6.92 Å². The van der Waals surface area contributed by atoms with Gasteiger partial charge in [-0.3, -0.25) is 0 Å². The van der Waals surface area contributed by atoms with E-state index in [0.717, 1.165) is 23.3 Å². The molecule has 0 fully saturated rings. The van der Waals surface area contributed by atoms with E-state index in [1.807, 2.05) is 49.4 Å². The summed E-state index contributed by atoms with van der Waals surface area (Å²) in [5.74, 6) is 1.55. The van der Waals surface area contributed by atoms with Crippen LogP contribution in [0.1, 0.15) is 16.7 Å². The molecule has 2 N–H and O–H groups in total. The summed E-state index contributed by atoms with van der Waals surface area (Å²) in [5.41, 5.74) is 10.2. The molecule has 0 bridgehead atoms. The molecule has 3 aromatic rings. The Balaban J connectivity index is 1.88. The van der Waals surface area contributed by atoms with Gasteiger partial charge in [-0.05, 0) is 41.8 Å². The number of nitrogen functional groups attached to an aromatic ring is 1. The maximum Gasteiger partial charge on any atom is 0.150 e. The Bertz CT molecular complexity index is 766. The lowest BCUT2D eigenvalue weighted by molar-refractivity contribution is 0.479. The second-order valence-electron chi connectivity index (χ2n) is 5.41. The number of rotatable bonds is 4. The number of benzene rings is 3. The molecule has 0 aliphatic heterocycles. The van der Waals surface area contributed by atoms with E-state index in [2.05, 4.69) is 30.3 Å². The zero-order valence-corrected chi connectivity index (χ0v) is 12.6. The van der Waals surface area contributed by atoms with Gasteiger partial charge >= 0.3 is 0 Å². The first-order valence-corrected chi connectivity index (χ1v) is 7.38. The van der Waals surface area contributed by atoms with Crippen molar-refractivity contribution < 1.29 is 4.74 Å². The summed E-state index contributed by atoms with van der Waals surface area (Å²) in [5, 5.41) is 0. The molecule has 0 heterocycles. The highest BCUT2D eigenvalue weighted by molar-refractivity contribution is 5.56. The molecule has 3 rings (SSSR count). The summed E-state index contributed by atoms with van der Waals surface area (Å²) in [4.78, 5) is 0. The van der Waals surface area contributed by atoms with Gasteiger partial charge in [-0.25, -0.2) is 0 Å². The van der Waals surface area contributed by atoms with E-state index >= 15 is 0 Å². The molecule has 110 valence electrons. The fraction of sp³-hybridized carbons (Fsp3) is 0.100. The average Bonchev–Trinajstić information content (AvgIpc) is 2.53. The van der Waals surface area contributed by atoms with E-state index in [1.54, 1.807) is 0 Å². The fourth-order valence-corrected chi connectivity index (χ4v) is 2.44. The lowest BCUT2D eigenvalue weighted by Crippen LogP contribution is -1.96. The lowest BCUT2D eigenvalue weighted by atomic mass is 10.0. The van der Waals surface area contributed by atoms with E-state index in [-0.39, 0.29) is 0 Å². The summed E-state index contributed by atoms with van der Waals surface area (Å²) in [7, 11) is 0. The summed E-state index contributed by atoms with van der Waals surface area (Å²) in [6, 6.07) is 24.3. The van der Waals surface area contributed by atoms with Crippen molar-refractivity contribution in [1.82, 2.24) is 0 Å².